The number of rotatable bonds is 4. The number of Topliss-reactive ketones (excluding diaryl/α,β-unsaturated/α-hetero) is 1. The van der Waals surface area contributed by atoms with Crippen LogP contribution in [-0.4, -0.2) is 17.4 Å². The van der Waals surface area contributed by atoms with E-state index in [0.717, 1.165) is 14.5 Å². The highest BCUT2D eigenvalue weighted by molar-refractivity contribution is 14.1. The molecule has 4 heteroatoms. The molecule has 2 aromatic carbocycles. The maximum Gasteiger partial charge on any atom is 0.200 e. The van der Waals surface area contributed by atoms with Gasteiger partial charge in [-0.2, -0.15) is 0 Å². The zero-order valence-corrected chi connectivity index (χ0v) is 13.3. The van der Waals surface area contributed by atoms with Crippen LogP contribution in [0, 0.1) is 3.57 Å². The van der Waals surface area contributed by atoms with E-state index >= 15 is 0 Å². The summed E-state index contributed by atoms with van der Waals surface area (Å²) < 4.78 is 6.67. The first-order valence-corrected chi connectivity index (χ1v) is 7.56. The van der Waals surface area contributed by atoms with Crippen LogP contribution < -0.4 is 4.74 Å². The molecule has 1 heterocycles. The van der Waals surface area contributed by atoms with Crippen LogP contribution in [0.25, 0.3) is 10.9 Å². The van der Waals surface area contributed by atoms with Crippen LogP contribution in [-0.2, 0) is 0 Å². The van der Waals surface area contributed by atoms with Crippen LogP contribution in [0.2, 0.25) is 0 Å². The van der Waals surface area contributed by atoms with E-state index in [9.17, 15) is 4.79 Å². The minimum Gasteiger partial charge on any atom is -0.485 e. The van der Waals surface area contributed by atoms with E-state index in [1.807, 2.05) is 54.6 Å². The van der Waals surface area contributed by atoms with Gasteiger partial charge >= 0.3 is 0 Å². The first-order valence-electron chi connectivity index (χ1n) is 6.49. The van der Waals surface area contributed by atoms with Crippen molar-refractivity contribution in [3.05, 3.63) is 69.9 Å². The Bertz CT molecular complexity index is 784. The van der Waals surface area contributed by atoms with Crippen LogP contribution in [0.4, 0.5) is 0 Å². The number of ketones is 1. The second kappa shape index (κ2) is 6.22. The summed E-state index contributed by atoms with van der Waals surface area (Å²) in [6, 6.07) is 17.0. The summed E-state index contributed by atoms with van der Waals surface area (Å²) in [7, 11) is 0. The number of ether oxygens (including phenoxy) is 1. The van der Waals surface area contributed by atoms with Gasteiger partial charge < -0.3 is 4.74 Å². The Balaban J connectivity index is 1.71. The minimum absolute atomic E-state index is 0.0267. The highest BCUT2D eigenvalue weighted by atomic mass is 127. The number of nitrogens with zero attached hydrogens (tertiary/aromatic N) is 1. The van der Waals surface area contributed by atoms with E-state index in [-0.39, 0.29) is 12.4 Å². The fraction of sp³-hybridized carbons (Fsp3) is 0.0588. The molecule has 3 rings (SSSR count). The topological polar surface area (TPSA) is 39.2 Å². The lowest BCUT2D eigenvalue weighted by atomic mass is 10.1. The van der Waals surface area contributed by atoms with Crippen molar-refractivity contribution in [2.45, 2.75) is 0 Å². The molecule has 0 unspecified atom stereocenters. The van der Waals surface area contributed by atoms with Crippen molar-refractivity contribution in [3.63, 3.8) is 0 Å². The summed E-state index contributed by atoms with van der Waals surface area (Å²) in [5.41, 5.74) is 1.52. The van der Waals surface area contributed by atoms with Gasteiger partial charge in [0.15, 0.2) is 12.4 Å². The second-order valence-electron chi connectivity index (χ2n) is 4.58. The Morgan fingerprint density at radius 2 is 1.90 bits per heavy atom. The number of halogens is 1. The standard InChI is InChI=1S/C17H12INO2/c18-14-6-3-13(4-7-14)17(20)11-21-15-8-5-12-2-1-9-19-16(12)10-15/h1-10H,11H2. The highest BCUT2D eigenvalue weighted by Crippen LogP contribution is 2.19. The van der Waals surface area contributed by atoms with E-state index in [4.69, 9.17) is 4.74 Å². The summed E-state index contributed by atoms with van der Waals surface area (Å²) in [5.74, 6) is 0.618. The Morgan fingerprint density at radius 3 is 2.71 bits per heavy atom. The van der Waals surface area contributed by atoms with Crippen molar-refractivity contribution < 1.29 is 9.53 Å². The summed E-state index contributed by atoms with van der Waals surface area (Å²) in [5, 5.41) is 1.05. The maximum absolute atomic E-state index is 12.0. The monoisotopic (exact) mass is 389 g/mol. The Hall–Kier alpha value is -1.95. The van der Waals surface area contributed by atoms with Crippen LogP contribution in [0.15, 0.2) is 60.8 Å². The van der Waals surface area contributed by atoms with E-state index in [1.165, 1.54) is 0 Å². The largest absolute Gasteiger partial charge is 0.485 e. The molecule has 0 amide bonds. The van der Waals surface area contributed by atoms with Gasteiger partial charge in [0.05, 0.1) is 5.52 Å². The molecule has 0 fully saturated rings. The van der Waals surface area contributed by atoms with Crippen molar-refractivity contribution >= 4 is 39.3 Å². The third kappa shape index (κ3) is 3.39. The lowest BCUT2D eigenvalue weighted by Crippen LogP contribution is -2.11. The van der Waals surface area contributed by atoms with Crippen molar-refractivity contribution in [1.29, 1.82) is 0 Å². The molecular formula is C17H12INO2. The van der Waals surface area contributed by atoms with Crippen molar-refractivity contribution in [2.24, 2.45) is 0 Å². The molecule has 0 N–H and O–H groups in total. The van der Waals surface area contributed by atoms with Gasteiger partial charge in [0.2, 0.25) is 0 Å². The molecule has 1 aromatic heterocycles. The zero-order chi connectivity index (χ0) is 14.7. The fourth-order valence-corrected chi connectivity index (χ4v) is 2.36. The lowest BCUT2D eigenvalue weighted by Gasteiger charge is -2.06. The van der Waals surface area contributed by atoms with Crippen LogP contribution in [0.1, 0.15) is 10.4 Å². The molecular weight excluding hydrogens is 377 g/mol. The highest BCUT2D eigenvalue weighted by Gasteiger charge is 2.07. The van der Waals surface area contributed by atoms with E-state index < -0.39 is 0 Å². The van der Waals surface area contributed by atoms with E-state index in [1.54, 1.807) is 6.20 Å². The van der Waals surface area contributed by atoms with Crippen LogP contribution in [0.3, 0.4) is 0 Å². The number of hydrogen-bond donors (Lipinski definition) is 0. The molecule has 0 saturated carbocycles. The van der Waals surface area contributed by atoms with Crippen molar-refractivity contribution in [3.8, 4) is 5.75 Å². The SMILES string of the molecule is O=C(COc1ccc2cccnc2c1)c1ccc(I)cc1. The van der Waals surface area contributed by atoms with Crippen LogP contribution >= 0.6 is 22.6 Å². The molecule has 0 saturated heterocycles. The number of aromatic nitrogens is 1. The summed E-state index contributed by atoms with van der Waals surface area (Å²) in [6.45, 7) is 0.0267. The van der Waals surface area contributed by atoms with Gasteiger partial charge in [-0.25, -0.2) is 0 Å². The summed E-state index contributed by atoms with van der Waals surface area (Å²) in [6.07, 6.45) is 1.74. The van der Waals surface area contributed by atoms with Gasteiger partial charge in [-0.15, -0.1) is 0 Å². The summed E-state index contributed by atoms with van der Waals surface area (Å²) in [4.78, 5) is 16.3. The molecule has 0 radical (unpaired) electrons. The molecule has 0 spiro atoms. The molecule has 0 bridgehead atoms. The molecule has 21 heavy (non-hydrogen) atoms. The average Bonchev–Trinajstić information content (AvgIpc) is 2.53. The average molecular weight is 389 g/mol. The predicted octanol–water partition coefficient (Wildman–Crippen LogP) is 4.10. The minimum atomic E-state index is -0.0347. The number of fused-ring (bicyclic) bond motifs is 1. The van der Waals surface area contributed by atoms with Gasteiger partial charge in [0.1, 0.15) is 5.75 Å². The Labute approximate surface area is 136 Å². The molecule has 3 nitrogen and oxygen atoms in total. The van der Waals surface area contributed by atoms with Gasteiger partial charge in [-0.1, -0.05) is 18.2 Å². The van der Waals surface area contributed by atoms with Crippen molar-refractivity contribution in [2.75, 3.05) is 6.61 Å². The number of benzene rings is 2. The molecule has 0 aliphatic rings. The van der Waals surface area contributed by atoms with Crippen molar-refractivity contribution in [1.82, 2.24) is 4.98 Å². The molecule has 104 valence electrons. The second-order valence-corrected chi connectivity index (χ2v) is 5.82. The third-order valence-electron chi connectivity index (χ3n) is 3.11. The number of pyridine rings is 1. The van der Waals surface area contributed by atoms with Gasteiger partial charge in [-0.05, 0) is 52.9 Å². The van der Waals surface area contributed by atoms with Gasteiger partial charge in [0, 0.05) is 26.8 Å². The smallest absolute Gasteiger partial charge is 0.200 e. The van der Waals surface area contributed by atoms with Crippen LogP contribution in [0.5, 0.6) is 5.75 Å². The number of carbonyl (C=O) groups is 1. The van der Waals surface area contributed by atoms with E-state index in [2.05, 4.69) is 27.6 Å². The Kier molecular flexibility index (Phi) is 4.15. The fourth-order valence-electron chi connectivity index (χ4n) is 2.00. The maximum atomic E-state index is 12.0. The Morgan fingerprint density at radius 1 is 1.10 bits per heavy atom. The van der Waals surface area contributed by atoms with Gasteiger partial charge in [0.25, 0.3) is 0 Å². The van der Waals surface area contributed by atoms with Gasteiger partial charge in [-0.3, -0.25) is 9.78 Å². The summed E-state index contributed by atoms with van der Waals surface area (Å²) >= 11 is 2.21. The third-order valence-corrected chi connectivity index (χ3v) is 3.83. The number of hydrogen-bond acceptors (Lipinski definition) is 3. The first-order chi connectivity index (χ1) is 10.2. The van der Waals surface area contributed by atoms with E-state index in [0.29, 0.717) is 11.3 Å². The molecule has 0 atom stereocenters. The normalized spacial score (nSPS) is 10.5. The first kappa shape index (κ1) is 14.0. The lowest BCUT2D eigenvalue weighted by molar-refractivity contribution is 0.0921. The molecule has 0 aliphatic heterocycles. The zero-order valence-electron chi connectivity index (χ0n) is 11.1. The predicted molar refractivity (Wildman–Crippen MR) is 90.7 cm³/mol. The number of carbonyl (C=O) groups excluding carboxylic acids is 1. The quantitative estimate of drug-likeness (QED) is 0.498. The molecule has 0 aliphatic carbocycles. The molecule has 3 aromatic rings.